The molecule has 21 heavy (non-hydrogen) atoms. The van der Waals surface area contributed by atoms with Crippen LogP contribution in [-0.2, 0) is 11.8 Å². The number of primary amides is 1. The summed E-state index contributed by atoms with van der Waals surface area (Å²) in [5, 5.41) is 7.03. The highest BCUT2D eigenvalue weighted by atomic mass is 16.2. The Balaban J connectivity index is 1.96. The first-order valence-electron chi connectivity index (χ1n) is 7.22. The molecule has 2 atom stereocenters. The number of aryl methyl sites for hydroxylation is 1. The summed E-state index contributed by atoms with van der Waals surface area (Å²) in [7, 11) is 1.70. The van der Waals surface area contributed by atoms with Gasteiger partial charge in [0.1, 0.15) is 5.56 Å². The molecule has 0 unspecified atom stereocenters. The predicted molar refractivity (Wildman–Crippen MR) is 79.7 cm³/mol. The number of nitrogens with zero attached hydrogens (tertiary/aromatic N) is 3. The quantitative estimate of drug-likeness (QED) is 0.842. The molecule has 2 rings (SSSR count). The smallest absolute Gasteiger partial charge is 0.254 e. The lowest BCUT2D eigenvalue weighted by atomic mass is 9.92. The van der Waals surface area contributed by atoms with Crippen molar-refractivity contribution in [3.8, 4) is 0 Å². The van der Waals surface area contributed by atoms with Crippen molar-refractivity contribution in [1.29, 1.82) is 0 Å². The third-order valence-electron chi connectivity index (χ3n) is 3.72. The maximum absolute atomic E-state index is 12.3. The highest BCUT2D eigenvalue weighted by molar-refractivity contribution is 5.97. The average molecular weight is 293 g/mol. The third-order valence-corrected chi connectivity index (χ3v) is 3.72. The molecule has 0 bridgehead atoms. The first-order valence-corrected chi connectivity index (χ1v) is 7.22. The van der Waals surface area contributed by atoms with Gasteiger partial charge in [0, 0.05) is 26.3 Å². The molecule has 116 valence electrons. The number of hydrogen-bond acceptors (Lipinski definition) is 4. The van der Waals surface area contributed by atoms with Crippen LogP contribution in [0.2, 0.25) is 0 Å². The maximum Gasteiger partial charge on any atom is 0.254 e. The summed E-state index contributed by atoms with van der Waals surface area (Å²) in [5.74, 6) is 0.867. The number of rotatable bonds is 4. The fourth-order valence-corrected chi connectivity index (χ4v) is 2.94. The van der Waals surface area contributed by atoms with Gasteiger partial charge in [-0.3, -0.25) is 14.3 Å². The van der Waals surface area contributed by atoms with E-state index >= 15 is 0 Å². The van der Waals surface area contributed by atoms with Crippen LogP contribution in [0.4, 0.5) is 5.82 Å². The van der Waals surface area contributed by atoms with E-state index in [2.05, 4.69) is 24.3 Å². The number of nitrogens with two attached hydrogens (primary N) is 1. The number of aromatic nitrogens is 2. The number of hydrogen-bond donors (Lipinski definition) is 2. The molecule has 0 aromatic carbocycles. The highest BCUT2D eigenvalue weighted by Gasteiger charge is 2.25. The summed E-state index contributed by atoms with van der Waals surface area (Å²) in [6.07, 6.45) is 2.70. The Kier molecular flexibility index (Phi) is 4.50. The van der Waals surface area contributed by atoms with E-state index in [4.69, 9.17) is 5.73 Å². The van der Waals surface area contributed by atoms with E-state index in [1.165, 1.54) is 4.68 Å². The molecule has 1 saturated heterocycles. The van der Waals surface area contributed by atoms with Crippen molar-refractivity contribution in [3.05, 3.63) is 11.8 Å². The molecule has 0 spiro atoms. The average Bonchev–Trinajstić information content (AvgIpc) is 2.76. The summed E-state index contributed by atoms with van der Waals surface area (Å²) in [6, 6.07) is 0. The van der Waals surface area contributed by atoms with E-state index in [1.54, 1.807) is 13.2 Å². The van der Waals surface area contributed by atoms with Crippen molar-refractivity contribution in [2.75, 3.05) is 25.0 Å². The van der Waals surface area contributed by atoms with Gasteiger partial charge in [-0.05, 0) is 18.3 Å². The first-order chi connectivity index (χ1) is 9.86. The van der Waals surface area contributed by atoms with Crippen molar-refractivity contribution in [2.24, 2.45) is 24.6 Å². The number of amides is 2. The zero-order valence-corrected chi connectivity index (χ0v) is 12.8. The summed E-state index contributed by atoms with van der Waals surface area (Å²) >= 11 is 0. The van der Waals surface area contributed by atoms with Crippen molar-refractivity contribution in [2.45, 2.75) is 20.3 Å². The van der Waals surface area contributed by atoms with Gasteiger partial charge in [0.2, 0.25) is 5.91 Å². The number of carbonyl (C=O) groups excluding carboxylic acids is 2. The molecule has 1 aliphatic heterocycles. The minimum atomic E-state index is -0.557. The van der Waals surface area contributed by atoms with Gasteiger partial charge in [-0.25, -0.2) is 0 Å². The van der Waals surface area contributed by atoms with Crippen LogP contribution >= 0.6 is 0 Å². The van der Waals surface area contributed by atoms with Crippen LogP contribution < -0.4 is 11.1 Å². The topological polar surface area (TPSA) is 93.2 Å². The van der Waals surface area contributed by atoms with Gasteiger partial charge in [0.15, 0.2) is 5.82 Å². The van der Waals surface area contributed by atoms with Crippen LogP contribution in [0.3, 0.4) is 0 Å². The molecular formula is C14H23N5O2. The molecule has 1 fully saturated rings. The van der Waals surface area contributed by atoms with Gasteiger partial charge in [0.05, 0.1) is 6.54 Å². The molecule has 1 aromatic heterocycles. The first kappa shape index (κ1) is 15.3. The lowest BCUT2D eigenvalue weighted by Crippen LogP contribution is -2.45. The fraction of sp³-hybridized carbons (Fsp3) is 0.643. The summed E-state index contributed by atoms with van der Waals surface area (Å²) in [5.41, 5.74) is 5.58. The highest BCUT2D eigenvalue weighted by Crippen LogP contribution is 2.21. The van der Waals surface area contributed by atoms with Gasteiger partial charge in [-0.15, -0.1) is 0 Å². The van der Waals surface area contributed by atoms with Crippen LogP contribution in [0.1, 0.15) is 30.6 Å². The van der Waals surface area contributed by atoms with Crippen molar-refractivity contribution in [3.63, 3.8) is 0 Å². The molecule has 2 heterocycles. The zero-order valence-electron chi connectivity index (χ0n) is 12.8. The Labute approximate surface area is 124 Å². The largest absolute Gasteiger partial charge is 0.365 e. The Morgan fingerprint density at radius 2 is 2.00 bits per heavy atom. The van der Waals surface area contributed by atoms with E-state index in [9.17, 15) is 9.59 Å². The standard InChI is InChI=1S/C14H23N5O2/c1-9-4-10(2)7-19(6-9)12(20)5-16-14-11(13(15)21)8-18(3)17-14/h8-10H,4-7H2,1-3H3,(H2,15,21)(H,16,17)/t9-,10-/m0/s1. The van der Waals surface area contributed by atoms with Crippen LogP contribution in [0, 0.1) is 11.8 Å². The second kappa shape index (κ2) is 6.15. The Morgan fingerprint density at radius 3 is 2.57 bits per heavy atom. The molecule has 0 saturated carbocycles. The molecule has 7 nitrogen and oxygen atoms in total. The van der Waals surface area contributed by atoms with Crippen LogP contribution in [0.25, 0.3) is 0 Å². The molecule has 7 heteroatoms. The van der Waals surface area contributed by atoms with Gasteiger partial charge >= 0.3 is 0 Å². The lowest BCUT2D eigenvalue weighted by molar-refractivity contribution is -0.131. The monoisotopic (exact) mass is 293 g/mol. The van der Waals surface area contributed by atoms with E-state index in [-0.39, 0.29) is 12.5 Å². The molecule has 3 N–H and O–H groups in total. The van der Waals surface area contributed by atoms with E-state index in [0.29, 0.717) is 23.2 Å². The summed E-state index contributed by atoms with van der Waals surface area (Å²) in [6.45, 7) is 6.02. The number of piperidine rings is 1. The fourth-order valence-electron chi connectivity index (χ4n) is 2.94. The van der Waals surface area contributed by atoms with Crippen molar-refractivity contribution >= 4 is 17.6 Å². The minimum absolute atomic E-state index is 0.0227. The number of likely N-dealkylation sites (tertiary alicyclic amines) is 1. The van der Waals surface area contributed by atoms with E-state index < -0.39 is 5.91 Å². The molecular weight excluding hydrogens is 270 g/mol. The molecule has 2 amide bonds. The number of carbonyl (C=O) groups is 2. The SMILES string of the molecule is C[C@H]1C[C@H](C)CN(C(=O)CNc2nn(C)cc2C(N)=O)C1. The lowest BCUT2D eigenvalue weighted by Gasteiger charge is -2.35. The van der Waals surface area contributed by atoms with Crippen LogP contribution in [-0.4, -0.2) is 46.1 Å². The van der Waals surface area contributed by atoms with E-state index in [0.717, 1.165) is 19.5 Å². The van der Waals surface area contributed by atoms with Gasteiger partial charge < -0.3 is 16.0 Å². The zero-order chi connectivity index (χ0) is 15.6. The Hall–Kier alpha value is -2.05. The third kappa shape index (κ3) is 3.74. The van der Waals surface area contributed by atoms with Crippen molar-refractivity contribution in [1.82, 2.24) is 14.7 Å². The molecule has 1 aliphatic rings. The second-order valence-electron chi connectivity index (χ2n) is 6.03. The summed E-state index contributed by atoms with van der Waals surface area (Å²) in [4.78, 5) is 25.4. The normalized spacial score (nSPS) is 22.1. The van der Waals surface area contributed by atoms with Gasteiger partial charge in [0.25, 0.3) is 5.91 Å². The molecule has 0 aliphatic carbocycles. The van der Waals surface area contributed by atoms with E-state index in [1.807, 2.05) is 4.90 Å². The maximum atomic E-state index is 12.3. The van der Waals surface area contributed by atoms with Gasteiger partial charge in [-0.2, -0.15) is 5.10 Å². The Morgan fingerprint density at radius 1 is 1.38 bits per heavy atom. The van der Waals surface area contributed by atoms with Crippen molar-refractivity contribution < 1.29 is 9.59 Å². The van der Waals surface area contributed by atoms with Crippen LogP contribution in [0.5, 0.6) is 0 Å². The van der Waals surface area contributed by atoms with Gasteiger partial charge in [-0.1, -0.05) is 13.8 Å². The summed E-state index contributed by atoms with van der Waals surface area (Å²) < 4.78 is 1.50. The second-order valence-corrected chi connectivity index (χ2v) is 6.03. The Bertz CT molecular complexity index is 529. The van der Waals surface area contributed by atoms with Crippen LogP contribution in [0.15, 0.2) is 6.20 Å². The molecule has 1 aromatic rings. The molecule has 0 radical (unpaired) electrons. The number of nitrogens with one attached hydrogen (secondary N) is 1. The number of anilines is 1. The minimum Gasteiger partial charge on any atom is -0.365 e. The predicted octanol–water partition coefficient (Wildman–Crippen LogP) is 0.435.